The zero-order valence-electron chi connectivity index (χ0n) is 5.56. The molecule has 1 aromatic heterocycles. The molecular weight excluding hydrogens is 212 g/mol. The summed E-state index contributed by atoms with van der Waals surface area (Å²) in [5.41, 5.74) is 0. The van der Waals surface area contributed by atoms with Crippen LogP contribution in [0, 0.1) is 0 Å². The molecule has 1 rings (SSSR count). The van der Waals surface area contributed by atoms with Gasteiger partial charge in [0.15, 0.2) is 0 Å². The van der Waals surface area contributed by atoms with Crippen LogP contribution in [0.3, 0.4) is 0 Å². The number of ether oxygens (including phenoxy) is 1. The quantitative estimate of drug-likeness (QED) is 0.694. The van der Waals surface area contributed by atoms with Gasteiger partial charge in [0.05, 0.1) is 12.0 Å². The molecule has 54 valence electrons. The van der Waals surface area contributed by atoms with E-state index in [1.807, 2.05) is 11.4 Å². The van der Waals surface area contributed by atoms with Gasteiger partial charge in [0.2, 0.25) is 0 Å². The third-order valence-electron chi connectivity index (χ3n) is 1.09. The molecule has 1 nitrogen and oxygen atoms in total. The summed E-state index contributed by atoms with van der Waals surface area (Å²) >= 11 is 4.95. The summed E-state index contributed by atoms with van der Waals surface area (Å²) < 4.78 is 6.02. The maximum Gasteiger partial charge on any atom is 0.128 e. The summed E-state index contributed by atoms with van der Waals surface area (Å²) in [5.74, 6) is 0.718. The van der Waals surface area contributed by atoms with Crippen LogP contribution in [0.5, 0.6) is 0 Å². The van der Waals surface area contributed by atoms with Gasteiger partial charge in [-0.05, 0) is 22.0 Å². The average Bonchev–Trinajstić information content (AvgIpc) is 2.34. The molecule has 0 radical (unpaired) electrons. The third kappa shape index (κ3) is 1.61. The Hall–Kier alpha value is -0.280. The molecule has 0 spiro atoms. The Morgan fingerprint density at radius 3 is 2.90 bits per heavy atom. The average molecular weight is 219 g/mol. The molecule has 10 heavy (non-hydrogen) atoms. The number of hydrogen-bond donors (Lipinski definition) is 0. The monoisotopic (exact) mass is 218 g/mol. The van der Waals surface area contributed by atoms with E-state index in [-0.39, 0.29) is 0 Å². The van der Waals surface area contributed by atoms with Crippen molar-refractivity contribution in [3.63, 3.8) is 0 Å². The normalized spacial score (nSPS) is 9.40. The maximum atomic E-state index is 4.94. The van der Waals surface area contributed by atoms with Gasteiger partial charge in [-0.15, -0.1) is 11.3 Å². The highest BCUT2D eigenvalue weighted by molar-refractivity contribution is 9.10. The highest BCUT2D eigenvalue weighted by Crippen LogP contribution is 2.25. The lowest BCUT2D eigenvalue weighted by molar-refractivity contribution is 0.372. The Bertz CT molecular complexity index is 242. The first-order valence-electron chi connectivity index (χ1n) is 2.71. The van der Waals surface area contributed by atoms with Gasteiger partial charge in [-0.3, -0.25) is 0 Å². The van der Waals surface area contributed by atoms with Crippen LogP contribution in [-0.2, 0) is 4.74 Å². The van der Waals surface area contributed by atoms with E-state index in [4.69, 9.17) is 4.74 Å². The molecule has 0 saturated carbocycles. The highest BCUT2D eigenvalue weighted by atomic mass is 79.9. The second-order valence-corrected chi connectivity index (χ2v) is 3.58. The minimum absolute atomic E-state index is 0.718. The van der Waals surface area contributed by atoms with Crippen LogP contribution in [0.4, 0.5) is 0 Å². The van der Waals surface area contributed by atoms with Crippen molar-refractivity contribution in [2.75, 3.05) is 7.11 Å². The number of halogens is 1. The molecule has 0 aliphatic carbocycles. The fourth-order valence-electron chi connectivity index (χ4n) is 0.560. The first-order valence-corrected chi connectivity index (χ1v) is 4.38. The van der Waals surface area contributed by atoms with Crippen molar-refractivity contribution in [1.29, 1.82) is 0 Å². The summed E-state index contributed by atoms with van der Waals surface area (Å²) in [6.07, 6.45) is 0. The van der Waals surface area contributed by atoms with E-state index in [1.54, 1.807) is 18.4 Å². The van der Waals surface area contributed by atoms with Crippen molar-refractivity contribution in [2.24, 2.45) is 0 Å². The van der Waals surface area contributed by atoms with Gasteiger partial charge >= 0.3 is 0 Å². The summed E-state index contributed by atoms with van der Waals surface area (Å²) in [6, 6.07) is 1.98. The van der Waals surface area contributed by atoms with Crippen LogP contribution in [0.15, 0.2) is 22.5 Å². The number of methoxy groups -OCH3 is 1. The fraction of sp³-hybridized carbons (Fsp3) is 0.143. The molecule has 1 heterocycles. The minimum atomic E-state index is 0.718. The number of rotatable bonds is 2. The molecule has 0 aromatic carbocycles. The number of thiophene rings is 1. The summed E-state index contributed by atoms with van der Waals surface area (Å²) in [6.45, 7) is 3.72. The van der Waals surface area contributed by atoms with Crippen molar-refractivity contribution < 1.29 is 4.74 Å². The molecule has 0 unspecified atom stereocenters. The van der Waals surface area contributed by atoms with E-state index in [1.165, 1.54) is 0 Å². The first kappa shape index (κ1) is 7.82. The molecule has 0 atom stereocenters. The van der Waals surface area contributed by atoms with Gasteiger partial charge in [-0.1, -0.05) is 6.58 Å². The SMILES string of the molecule is C=C(OC)c1cc(Br)cs1. The van der Waals surface area contributed by atoms with Gasteiger partial charge in [-0.2, -0.15) is 0 Å². The lowest BCUT2D eigenvalue weighted by atomic mass is 10.4. The van der Waals surface area contributed by atoms with E-state index in [0.29, 0.717) is 0 Å². The van der Waals surface area contributed by atoms with Crippen LogP contribution < -0.4 is 0 Å². The Labute approximate surface area is 72.5 Å². The van der Waals surface area contributed by atoms with Gasteiger partial charge in [0.1, 0.15) is 5.76 Å². The maximum absolute atomic E-state index is 4.94. The molecule has 0 N–H and O–H groups in total. The Morgan fingerprint density at radius 1 is 1.80 bits per heavy atom. The molecule has 0 bridgehead atoms. The van der Waals surface area contributed by atoms with E-state index in [2.05, 4.69) is 22.5 Å². The van der Waals surface area contributed by atoms with Crippen molar-refractivity contribution in [3.05, 3.63) is 27.4 Å². The van der Waals surface area contributed by atoms with Gasteiger partial charge in [-0.25, -0.2) is 0 Å². The van der Waals surface area contributed by atoms with Crippen LogP contribution in [-0.4, -0.2) is 7.11 Å². The van der Waals surface area contributed by atoms with E-state index < -0.39 is 0 Å². The fourth-order valence-corrected chi connectivity index (χ4v) is 1.94. The van der Waals surface area contributed by atoms with Crippen LogP contribution >= 0.6 is 27.3 Å². The minimum Gasteiger partial charge on any atom is -0.496 e. The first-order chi connectivity index (χ1) is 4.74. The van der Waals surface area contributed by atoms with Crippen molar-refractivity contribution >= 4 is 33.0 Å². The molecule has 1 aromatic rings. The summed E-state index contributed by atoms with van der Waals surface area (Å²) in [5, 5.41) is 2.00. The molecular formula is C7H7BrOS. The third-order valence-corrected chi connectivity index (χ3v) is 2.82. The molecule has 0 fully saturated rings. The Morgan fingerprint density at radius 2 is 2.50 bits per heavy atom. The molecule has 3 heteroatoms. The van der Waals surface area contributed by atoms with Crippen LogP contribution in [0.25, 0.3) is 5.76 Å². The van der Waals surface area contributed by atoms with Crippen molar-refractivity contribution in [1.82, 2.24) is 0 Å². The Kier molecular flexibility index (Phi) is 2.51. The zero-order valence-corrected chi connectivity index (χ0v) is 7.96. The molecule has 0 amide bonds. The Balaban J connectivity index is 2.85. The van der Waals surface area contributed by atoms with Crippen molar-refractivity contribution in [3.8, 4) is 0 Å². The lowest BCUT2D eigenvalue weighted by Crippen LogP contribution is -1.77. The molecule has 0 saturated heterocycles. The second kappa shape index (κ2) is 3.21. The van der Waals surface area contributed by atoms with Gasteiger partial charge < -0.3 is 4.74 Å². The molecule has 0 aliphatic rings. The molecule has 0 aliphatic heterocycles. The predicted molar refractivity (Wildman–Crippen MR) is 48.1 cm³/mol. The summed E-state index contributed by atoms with van der Waals surface area (Å²) in [7, 11) is 1.62. The number of hydrogen-bond acceptors (Lipinski definition) is 2. The largest absolute Gasteiger partial charge is 0.496 e. The van der Waals surface area contributed by atoms with Gasteiger partial charge in [0, 0.05) is 9.85 Å². The lowest BCUT2D eigenvalue weighted by Gasteiger charge is -1.97. The predicted octanol–water partition coefficient (Wildman–Crippen LogP) is 3.13. The van der Waals surface area contributed by atoms with Crippen LogP contribution in [0.2, 0.25) is 0 Å². The smallest absolute Gasteiger partial charge is 0.128 e. The topological polar surface area (TPSA) is 9.23 Å². The van der Waals surface area contributed by atoms with Crippen LogP contribution in [0.1, 0.15) is 4.88 Å². The van der Waals surface area contributed by atoms with E-state index in [9.17, 15) is 0 Å². The highest BCUT2D eigenvalue weighted by Gasteiger charge is 2.00. The second-order valence-electron chi connectivity index (χ2n) is 1.76. The standard InChI is InChI=1S/C7H7BrOS/c1-5(9-2)7-3-6(8)4-10-7/h3-4H,1H2,2H3. The summed E-state index contributed by atoms with van der Waals surface area (Å²) in [4.78, 5) is 1.06. The van der Waals surface area contributed by atoms with E-state index >= 15 is 0 Å². The zero-order chi connectivity index (χ0) is 7.56. The van der Waals surface area contributed by atoms with Crippen molar-refractivity contribution in [2.45, 2.75) is 0 Å². The van der Waals surface area contributed by atoms with Gasteiger partial charge in [0.25, 0.3) is 0 Å². The van der Waals surface area contributed by atoms with E-state index in [0.717, 1.165) is 15.1 Å².